The third kappa shape index (κ3) is 3.65. The maximum absolute atomic E-state index is 13.0. The van der Waals surface area contributed by atoms with Crippen molar-refractivity contribution in [3.63, 3.8) is 0 Å². The number of rotatable bonds is 5. The van der Waals surface area contributed by atoms with Crippen LogP contribution in [0.15, 0.2) is 72.9 Å². The number of alkyl carbamates (subject to hydrolysis) is 1. The number of ether oxygens (including phenoxy) is 2. The topological polar surface area (TPSA) is 65.4 Å². The minimum absolute atomic E-state index is 0.0191. The van der Waals surface area contributed by atoms with Gasteiger partial charge in [0.1, 0.15) is 18.0 Å². The summed E-state index contributed by atoms with van der Waals surface area (Å²) in [5.74, 6) is 0.866. The van der Waals surface area contributed by atoms with E-state index in [9.17, 15) is 4.79 Å². The van der Waals surface area contributed by atoms with Gasteiger partial charge in [-0.05, 0) is 78.3 Å². The van der Waals surface area contributed by atoms with Crippen molar-refractivity contribution in [2.24, 2.45) is 0 Å². The van der Waals surface area contributed by atoms with Crippen molar-refractivity contribution in [3.8, 4) is 28.1 Å². The van der Waals surface area contributed by atoms with Gasteiger partial charge in [0.05, 0.1) is 19.0 Å². The summed E-state index contributed by atoms with van der Waals surface area (Å²) in [6.07, 6.45) is 3.28. The van der Waals surface area contributed by atoms with Gasteiger partial charge >= 0.3 is 6.09 Å². The molecule has 36 heavy (non-hydrogen) atoms. The van der Waals surface area contributed by atoms with Crippen molar-refractivity contribution >= 4 is 6.09 Å². The molecule has 0 saturated heterocycles. The lowest BCUT2D eigenvalue weighted by Gasteiger charge is -2.30. The summed E-state index contributed by atoms with van der Waals surface area (Å²) in [5, 5.41) is 7.72. The Hall–Kier alpha value is -4.06. The first-order chi connectivity index (χ1) is 17.5. The Bertz CT molecular complexity index is 1420. The average Bonchev–Trinajstić information content (AvgIpc) is 3.47. The number of nitrogens with zero attached hydrogens (tertiary/aromatic N) is 2. The minimum Gasteiger partial charge on any atom is -0.497 e. The number of amides is 1. The van der Waals surface area contributed by atoms with E-state index in [1.165, 1.54) is 33.4 Å². The van der Waals surface area contributed by atoms with Crippen LogP contribution in [-0.2, 0) is 23.2 Å². The Kier molecular flexibility index (Phi) is 5.32. The van der Waals surface area contributed by atoms with Crippen molar-refractivity contribution in [1.29, 1.82) is 0 Å². The standard InChI is InChI=1S/C30H29N3O3/c1-30(2,33-28-20(17-31-33)13-12-19-16-21(35-3)14-15-22(19)28)32-29(34)36-18-27-25-10-6-4-8-23(25)24-9-5-7-11-26(24)27/h4-11,14-17,27H,12-13,18H2,1-3H3,(H,32,34). The molecule has 1 N–H and O–H groups in total. The second-order valence-corrected chi connectivity index (χ2v) is 9.96. The van der Waals surface area contributed by atoms with E-state index in [-0.39, 0.29) is 12.5 Å². The summed E-state index contributed by atoms with van der Waals surface area (Å²) < 4.78 is 13.1. The zero-order chi connectivity index (χ0) is 24.9. The Morgan fingerprint density at radius 2 is 1.64 bits per heavy atom. The molecule has 0 atom stereocenters. The Morgan fingerprint density at radius 1 is 0.972 bits per heavy atom. The second-order valence-electron chi connectivity index (χ2n) is 9.96. The van der Waals surface area contributed by atoms with Gasteiger partial charge in [0.25, 0.3) is 0 Å². The number of hydrogen-bond acceptors (Lipinski definition) is 4. The first kappa shape index (κ1) is 22.4. The van der Waals surface area contributed by atoms with Crippen molar-refractivity contribution in [3.05, 3.63) is 95.2 Å². The summed E-state index contributed by atoms with van der Waals surface area (Å²) >= 11 is 0. The number of carbonyl (C=O) groups is 1. The van der Waals surface area contributed by atoms with Crippen LogP contribution in [0.25, 0.3) is 22.4 Å². The highest BCUT2D eigenvalue weighted by atomic mass is 16.5. The molecule has 2 aliphatic rings. The number of hydrogen-bond donors (Lipinski definition) is 1. The van der Waals surface area contributed by atoms with Gasteiger partial charge in [-0.25, -0.2) is 9.48 Å². The molecule has 0 spiro atoms. The molecule has 4 aromatic rings. The summed E-state index contributed by atoms with van der Waals surface area (Å²) in [5.41, 5.74) is 8.57. The van der Waals surface area contributed by atoms with Gasteiger partial charge in [-0.15, -0.1) is 0 Å². The van der Waals surface area contributed by atoms with Gasteiger partial charge in [0, 0.05) is 11.5 Å². The lowest BCUT2D eigenvalue weighted by atomic mass is 9.90. The maximum atomic E-state index is 13.0. The van der Waals surface area contributed by atoms with E-state index in [0.717, 1.165) is 29.8 Å². The number of aryl methyl sites for hydroxylation is 2. The van der Waals surface area contributed by atoms with Crippen molar-refractivity contribution in [1.82, 2.24) is 15.1 Å². The van der Waals surface area contributed by atoms with Crippen LogP contribution in [0, 0.1) is 0 Å². The second kappa shape index (κ2) is 8.55. The molecule has 3 aromatic carbocycles. The molecule has 1 amide bonds. The lowest BCUT2D eigenvalue weighted by molar-refractivity contribution is 0.120. The SMILES string of the molecule is COc1ccc2c(c1)CCc1cnn(C(C)(C)NC(=O)OCC3c4ccccc4-c4ccccc43)c1-2. The molecule has 6 rings (SSSR count). The molecule has 6 heteroatoms. The van der Waals surface area contributed by atoms with E-state index in [1.54, 1.807) is 7.11 Å². The summed E-state index contributed by atoms with van der Waals surface area (Å²) in [6, 6.07) is 22.8. The van der Waals surface area contributed by atoms with E-state index in [2.05, 4.69) is 46.8 Å². The molecule has 0 unspecified atom stereocenters. The fraction of sp³-hybridized carbons (Fsp3) is 0.267. The zero-order valence-electron chi connectivity index (χ0n) is 20.7. The molecule has 2 aliphatic carbocycles. The number of carbonyl (C=O) groups excluding carboxylic acids is 1. The molecular weight excluding hydrogens is 450 g/mol. The third-order valence-corrected chi connectivity index (χ3v) is 7.36. The molecule has 0 saturated carbocycles. The third-order valence-electron chi connectivity index (χ3n) is 7.36. The van der Waals surface area contributed by atoms with Crippen LogP contribution in [0.2, 0.25) is 0 Å². The Morgan fingerprint density at radius 3 is 2.33 bits per heavy atom. The van der Waals surface area contributed by atoms with Crippen LogP contribution in [0.4, 0.5) is 4.79 Å². The Labute approximate surface area is 210 Å². The number of fused-ring (bicyclic) bond motifs is 6. The van der Waals surface area contributed by atoms with Gasteiger partial charge in [0.2, 0.25) is 0 Å². The Balaban J connectivity index is 1.22. The quantitative estimate of drug-likeness (QED) is 0.388. The molecule has 0 aliphatic heterocycles. The minimum atomic E-state index is -0.787. The number of benzene rings is 3. The molecule has 0 radical (unpaired) electrons. The summed E-state index contributed by atoms with van der Waals surface area (Å²) in [4.78, 5) is 13.0. The smallest absolute Gasteiger partial charge is 0.409 e. The van der Waals surface area contributed by atoms with Gasteiger partial charge in [0.15, 0.2) is 0 Å². The molecule has 6 nitrogen and oxygen atoms in total. The maximum Gasteiger partial charge on any atom is 0.409 e. The normalized spacial score (nSPS) is 13.9. The van der Waals surface area contributed by atoms with Gasteiger partial charge < -0.3 is 9.47 Å². The fourth-order valence-corrected chi connectivity index (χ4v) is 5.62. The first-order valence-corrected chi connectivity index (χ1v) is 12.3. The van der Waals surface area contributed by atoms with Crippen LogP contribution in [0.3, 0.4) is 0 Å². The van der Waals surface area contributed by atoms with Crippen LogP contribution in [0.1, 0.15) is 42.0 Å². The molecule has 1 aromatic heterocycles. The predicted molar refractivity (Wildman–Crippen MR) is 139 cm³/mol. The van der Waals surface area contributed by atoms with Gasteiger partial charge in [-0.2, -0.15) is 5.10 Å². The first-order valence-electron chi connectivity index (χ1n) is 12.3. The van der Waals surface area contributed by atoms with Crippen LogP contribution >= 0.6 is 0 Å². The average molecular weight is 480 g/mol. The monoisotopic (exact) mass is 479 g/mol. The van der Waals surface area contributed by atoms with E-state index >= 15 is 0 Å². The number of aromatic nitrogens is 2. The summed E-state index contributed by atoms with van der Waals surface area (Å²) in [7, 11) is 1.68. The highest BCUT2D eigenvalue weighted by Crippen LogP contribution is 2.44. The van der Waals surface area contributed by atoms with Crippen molar-refractivity contribution < 1.29 is 14.3 Å². The predicted octanol–water partition coefficient (Wildman–Crippen LogP) is 5.89. The lowest BCUT2D eigenvalue weighted by Crippen LogP contribution is -2.47. The van der Waals surface area contributed by atoms with Gasteiger partial charge in [-0.3, -0.25) is 5.32 Å². The fourth-order valence-electron chi connectivity index (χ4n) is 5.62. The van der Waals surface area contributed by atoms with Crippen LogP contribution < -0.4 is 10.1 Å². The molecule has 182 valence electrons. The van der Waals surface area contributed by atoms with E-state index < -0.39 is 11.8 Å². The molecule has 0 fully saturated rings. The van der Waals surface area contributed by atoms with E-state index in [0.29, 0.717) is 0 Å². The molecule has 0 bridgehead atoms. The number of methoxy groups -OCH3 is 1. The van der Waals surface area contributed by atoms with Crippen molar-refractivity contribution in [2.75, 3.05) is 13.7 Å². The highest BCUT2D eigenvalue weighted by Gasteiger charge is 2.33. The highest BCUT2D eigenvalue weighted by molar-refractivity contribution is 5.79. The zero-order valence-corrected chi connectivity index (χ0v) is 20.7. The molecule has 1 heterocycles. The number of nitrogens with one attached hydrogen (secondary N) is 1. The van der Waals surface area contributed by atoms with Crippen molar-refractivity contribution in [2.45, 2.75) is 38.3 Å². The largest absolute Gasteiger partial charge is 0.497 e. The molecular formula is C30H29N3O3. The van der Waals surface area contributed by atoms with Crippen LogP contribution in [-0.4, -0.2) is 29.6 Å². The van der Waals surface area contributed by atoms with Gasteiger partial charge in [-0.1, -0.05) is 48.5 Å². The van der Waals surface area contributed by atoms with E-state index in [4.69, 9.17) is 9.47 Å². The van der Waals surface area contributed by atoms with E-state index in [1.807, 2.05) is 55.1 Å². The van der Waals surface area contributed by atoms with Crippen LogP contribution in [0.5, 0.6) is 5.75 Å². The summed E-state index contributed by atoms with van der Waals surface area (Å²) in [6.45, 7) is 4.16.